The number of rotatable bonds is 1. The Kier molecular flexibility index (Phi) is 4.61. The van der Waals surface area contributed by atoms with Crippen LogP contribution in [-0.4, -0.2) is 11.1 Å². The van der Waals surface area contributed by atoms with Gasteiger partial charge in [0.1, 0.15) is 11.6 Å². The predicted molar refractivity (Wildman–Crippen MR) is 54.8 cm³/mol. The molecule has 0 aromatic heterocycles. The Morgan fingerprint density at radius 1 is 1.31 bits per heavy atom. The lowest BCUT2D eigenvalue weighted by atomic mass is 9.95. The van der Waals surface area contributed by atoms with Gasteiger partial charge < -0.3 is 10.8 Å². The summed E-state index contributed by atoms with van der Waals surface area (Å²) in [6.07, 6.45) is 1.00. The fraction of sp³-hybridized carbons (Fsp3) is 0.455. The van der Waals surface area contributed by atoms with Crippen molar-refractivity contribution < 1.29 is 18.3 Å². The van der Waals surface area contributed by atoms with Crippen LogP contribution in [-0.2, 0) is 0 Å². The van der Waals surface area contributed by atoms with Crippen molar-refractivity contribution in [2.45, 2.75) is 31.7 Å². The number of alkyl halides is 2. The first-order valence-electron chi connectivity index (χ1n) is 5.03. The molecule has 0 spiro atoms. The third kappa shape index (κ3) is 3.73. The Labute approximate surface area is 91.9 Å². The van der Waals surface area contributed by atoms with Crippen LogP contribution in [0.1, 0.15) is 31.3 Å². The zero-order valence-corrected chi connectivity index (χ0v) is 8.67. The maximum atomic E-state index is 12.4. The van der Waals surface area contributed by atoms with Crippen LogP contribution in [0.5, 0.6) is 5.75 Å². The van der Waals surface area contributed by atoms with E-state index in [1.54, 1.807) is 0 Å². The van der Waals surface area contributed by atoms with E-state index in [1.807, 2.05) is 0 Å². The molecule has 2 rings (SSSR count). The molecule has 0 amide bonds. The molecular weight excluding hydrogens is 219 g/mol. The van der Waals surface area contributed by atoms with Gasteiger partial charge in [0.05, 0.1) is 5.56 Å². The number of phenols is 1. The third-order valence-electron chi connectivity index (χ3n) is 2.36. The number of aromatic hydroxyl groups is 1. The fourth-order valence-electron chi connectivity index (χ4n) is 1.14. The van der Waals surface area contributed by atoms with E-state index in [-0.39, 0.29) is 5.75 Å². The normalized spacial score (nSPS) is 15.3. The van der Waals surface area contributed by atoms with Crippen LogP contribution in [0.2, 0.25) is 0 Å². The molecule has 0 heterocycles. The highest BCUT2D eigenvalue weighted by Crippen LogP contribution is 2.25. The van der Waals surface area contributed by atoms with Crippen molar-refractivity contribution in [1.29, 1.82) is 0 Å². The minimum atomic E-state index is -2.89. The van der Waals surface area contributed by atoms with E-state index in [0.29, 0.717) is 12.1 Å². The highest BCUT2D eigenvalue weighted by molar-refractivity contribution is 5.29. The molecule has 0 radical (unpaired) electrons. The Morgan fingerprint density at radius 3 is 2.19 bits per heavy atom. The topological polar surface area (TPSA) is 46.2 Å². The lowest BCUT2D eigenvalue weighted by molar-refractivity contribution is 0.146. The Bertz CT molecular complexity index is 340. The summed E-state index contributed by atoms with van der Waals surface area (Å²) >= 11 is 0. The summed E-state index contributed by atoms with van der Waals surface area (Å²) < 4.78 is 36.1. The predicted octanol–water partition coefficient (Wildman–Crippen LogP) is 2.97. The van der Waals surface area contributed by atoms with Crippen LogP contribution in [0.4, 0.5) is 13.2 Å². The first kappa shape index (κ1) is 12.8. The second-order valence-electron chi connectivity index (χ2n) is 3.70. The van der Waals surface area contributed by atoms with Crippen molar-refractivity contribution in [2.75, 3.05) is 0 Å². The summed E-state index contributed by atoms with van der Waals surface area (Å²) in [4.78, 5) is 0. The summed E-state index contributed by atoms with van der Waals surface area (Å²) in [5, 5.41) is 8.69. The molecule has 1 aliphatic rings. The van der Waals surface area contributed by atoms with E-state index in [1.165, 1.54) is 19.3 Å². The highest BCUT2D eigenvalue weighted by atomic mass is 19.3. The quantitative estimate of drug-likeness (QED) is 0.783. The molecule has 0 saturated heterocycles. The largest absolute Gasteiger partial charge is 0.508 e. The van der Waals surface area contributed by atoms with Crippen molar-refractivity contribution in [3.63, 3.8) is 0 Å². The van der Waals surface area contributed by atoms with Crippen molar-refractivity contribution in [1.82, 2.24) is 0 Å². The molecule has 0 atom stereocenters. The molecule has 0 unspecified atom stereocenters. The van der Waals surface area contributed by atoms with E-state index in [2.05, 4.69) is 0 Å². The Balaban J connectivity index is 0.000000212. The van der Waals surface area contributed by atoms with Crippen LogP contribution in [0.25, 0.3) is 0 Å². The fourth-order valence-corrected chi connectivity index (χ4v) is 1.14. The number of phenolic OH excluding ortho intramolecular Hbond substituents is 1. The second-order valence-corrected chi connectivity index (χ2v) is 3.70. The molecule has 0 bridgehead atoms. The van der Waals surface area contributed by atoms with Crippen LogP contribution >= 0.6 is 0 Å². The maximum Gasteiger partial charge on any atom is 0.266 e. The zero-order chi connectivity index (χ0) is 12.1. The van der Waals surface area contributed by atoms with E-state index < -0.39 is 17.8 Å². The lowest BCUT2D eigenvalue weighted by Crippen LogP contribution is -2.27. The van der Waals surface area contributed by atoms with Crippen molar-refractivity contribution in [3.05, 3.63) is 29.6 Å². The summed E-state index contributed by atoms with van der Waals surface area (Å²) in [5.41, 5.74) is 4.61. The third-order valence-corrected chi connectivity index (χ3v) is 2.36. The lowest BCUT2D eigenvalue weighted by Gasteiger charge is -2.18. The average molecular weight is 233 g/mol. The first-order valence-corrected chi connectivity index (χ1v) is 5.03. The summed E-state index contributed by atoms with van der Waals surface area (Å²) in [6, 6.07) is 3.09. The smallest absolute Gasteiger partial charge is 0.266 e. The van der Waals surface area contributed by atoms with E-state index in [4.69, 9.17) is 10.8 Å². The van der Waals surface area contributed by atoms with Crippen molar-refractivity contribution >= 4 is 0 Å². The monoisotopic (exact) mass is 233 g/mol. The van der Waals surface area contributed by atoms with Gasteiger partial charge in [0.25, 0.3) is 6.43 Å². The minimum absolute atomic E-state index is 0.360. The number of halogens is 3. The molecule has 3 N–H and O–H groups in total. The van der Waals surface area contributed by atoms with Crippen LogP contribution in [0.15, 0.2) is 18.2 Å². The molecule has 1 aromatic rings. The number of hydrogen-bond donors (Lipinski definition) is 2. The van der Waals surface area contributed by atoms with Crippen LogP contribution in [0, 0.1) is 5.82 Å². The molecule has 1 aliphatic carbocycles. The molecule has 90 valence electrons. The van der Waals surface area contributed by atoms with Crippen molar-refractivity contribution in [3.8, 4) is 5.75 Å². The van der Waals surface area contributed by atoms with Crippen LogP contribution < -0.4 is 5.73 Å². The first-order chi connectivity index (χ1) is 7.50. The average Bonchev–Trinajstić information content (AvgIpc) is 2.19. The van der Waals surface area contributed by atoms with Gasteiger partial charge in [0.2, 0.25) is 0 Å². The van der Waals surface area contributed by atoms with Gasteiger partial charge in [-0.2, -0.15) is 0 Å². The van der Waals surface area contributed by atoms with Gasteiger partial charge in [0.15, 0.2) is 0 Å². The number of hydrogen-bond acceptors (Lipinski definition) is 2. The highest BCUT2D eigenvalue weighted by Gasteiger charge is 2.13. The molecule has 1 fully saturated rings. The van der Waals surface area contributed by atoms with Gasteiger partial charge in [-0.05, 0) is 31.0 Å². The van der Waals surface area contributed by atoms with Gasteiger partial charge in [-0.15, -0.1) is 0 Å². The molecular formula is C11H14F3NO. The van der Waals surface area contributed by atoms with Gasteiger partial charge in [-0.25, -0.2) is 13.2 Å². The van der Waals surface area contributed by atoms with Crippen molar-refractivity contribution in [2.24, 2.45) is 5.73 Å². The Morgan fingerprint density at radius 2 is 1.88 bits per heavy atom. The molecule has 16 heavy (non-hydrogen) atoms. The maximum absolute atomic E-state index is 12.4. The molecule has 5 heteroatoms. The standard InChI is InChI=1S/C7H5F3O.C4H9N/c8-6-2-1-4(11)3-5(6)7(9)10;5-4-2-1-3-4/h1-3,7,11H;4H,1-3,5H2. The SMILES string of the molecule is NC1CCC1.Oc1ccc(F)c(C(F)F)c1. The van der Waals surface area contributed by atoms with E-state index in [0.717, 1.165) is 12.1 Å². The van der Waals surface area contributed by atoms with Gasteiger partial charge in [-0.1, -0.05) is 6.42 Å². The molecule has 1 aromatic carbocycles. The van der Waals surface area contributed by atoms with Gasteiger partial charge in [-0.3, -0.25) is 0 Å². The summed E-state index contributed by atoms with van der Waals surface area (Å²) in [6.45, 7) is 0. The Hall–Kier alpha value is -1.23. The van der Waals surface area contributed by atoms with Crippen LogP contribution in [0.3, 0.4) is 0 Å². The number of nitrogens with two attached hydrogens (primary N) is 1. The zero-order valence-electron chi connectivity index (χ0n) is 8.67. The minimum Gasteiger partial charge on any atom is -0.508 e. The van der Waals surface area contributed by atoms with Gasteiger partial charge in [0, 0.05) is 6.04 Å². The van der Waals surface area contributed by atoms with E-state index in [9.17, 15) is 13.2 Å². The second kappa shape index (κ2) is 5.75. The van der Waals surface area contributed by atoms with E-state index >= 15 is 0 Å². The molecule has 0 aliphatic heterocycles. The number of benzene rings is 1. The molecule has 2 nitrogen and oxygen atoms in total. The molecule has 1 saturated carbocycles. The summed E-state index contributed by atoms with van der Waals surface area (Å²) in [5.74, 6) is -1.36. The van der Waals surface area contributed by atoms with Gasteiger partial charge >= 0.3 is 0 Å². The summed E-state index contributed by atoms with van der Waals surface area (Å²) in [7, 11) is 0.